The Morgan fingerprint density at radius 3 is 1.54 bits per heavy atom. The zero-order valence-electron chi connectivity index (χ0n) is 15.0. The van der Waals surface area contributed by atoms with Crippen molar-refractivity contribution in [2.24, 2.45) is 0 Å². The average Bonchev–Trinajstić information content (AvgIpc) is 3.35. The maximum Gasteiger partial charge on any atom is 0.246 e. The van der Waals surface area contributed by atoms with E-state index in [0.29, 0.717) is 57.1 Å². The Hall–Kier alpha value is -3.94. The number of hydrogen-bond acceptors (Lipinski definition) is 8. The number of benzene rings is 1. The highest BCUT2D eigenvalue weighted by Gasteiger charge is 2.16. The minimum Gasteiger partial charge on any atom is -0.481 e. The van der Waals surface area contributed by atoms with Crippen LogP contribution < -0.4 is 9.47 Å². The Labute approximate surface area is 158 Å². The number of ether oxygens (including phenoxy) is 2. The van der Waals surface area contributed by atoms with E-state index in [0.717, 1.165) is 0 Å². The lowest BCUT2D eigenvalue weighted by atomic mass is 10.3. The van der Waals surface area contributed by atoms with Gasteiger partial charge in [-0.1, -0.05) is 12.1 Å². The van der Waals surface area contributed by atoms with Crippen molar-refractivity contribution in [1.29, 1.82) is 0 Å². The van der Waals surface area contributed by atoms with Gasteiger partial charge in [0, 0.05) is 24.3 Å². The Kier molecular flexibility index (Phi) is 3.68. The van der Waals surface area contributed by atoms with E-state index in [2.05, 4.69) is 19.9 Å². The van der Waals surface area contributed by atoms with Crippen LogP contribution in [0.15, 0.2) is 57.4 Å². The van der Waals surface area contributed by atoms with Crippen LogP contribution in [-0.2, 0) is 0 Å². The summed E-state index contributed by atoms with van der Waals surface area (Å²) >= 11 is 0. The van der Waals surface area contributed by atoms with Crippen LogP contribution in [0.4, 0.5) is 0 Å². The standard InChI is InChI=1S/C20H14N4O4/c1-25-17-7-3-5-11(21-17)19-23-13-9-16-14(10-15(13)27-19)24-20(28-16)12-6-4-8-18(22-12)26-2/h3-10H,1-2H3. The minimum atomic E-state index is 0.399. The van der Waals surface area contributed by atoms with E-state index in [1.807, 2.05) is 24.3 Å². The second-order valence-corrected chi connectivity index (χ2v) is 5.96. The molecule has 4 aromatic heterocycles. The smallest absolute Gasteiger partial charge is 0.246 e. The van der Waals surface area contributed by atoms with Gasteiger partial charge in [0.05, 0.1) is 14.2 Å². The van der Waals surface area contributed by atoms with E-state index in [9.17, 15) is 0 Å². The molecule has 138 valence electrons. The number of hydrogen-bond donors (Lipinski definition) is 0. The van der Waals surface area contributed by atoms with Crippen LogP contribution >= 0.6 is 0 Å². The molecule has 0 atom stereocenters. The molecule has 28 heavy (non-hydrogen) atoms. The highest BCUT2D eigenvalue weighted by molar-refractivity contribution is 5.91. The molecule has 8 heteroatoms. The Bertz CT molecular complexity index is 1160. The first-order valence-electron chi connectivity index (χ1n) is 8.47. The summed E-state index contributed by atoms with van der Waals surface area (Å²) in [6.07, 6.45) is 0. The van der Waals surface area contributed by atoms with Gasteiger partial charge >= 0.3 is 0 Å². The molecule has 0 amide bonds. The fraction of sp³-hybridized carbons (Fsp3) is 0.100. The number of oxazole rings is 2. The van der Waals surface area contributed by atoms with Crippen molar-refractivity contribution in [2.75, 3.05) is 14.2 Å². The minimum absolute atomic E-state index is 0.399. The van der Waals surface area contributed by atoms with Gasteiger partial charge in [-0.25, -0.2) is 19.9 Å². The Balaban J connectivity index is 1.58. The highest BCUT2D eigenvalue weighted by atomic mass is 16.5. The van der Waals surface area contributed by atoms with E-state index >= 15 is 0 Å². The van der Waals surface area contributed by atoms with Crippen molar-refractivity contribution in [3.8, 4) is 34.9 Å². The molecule has 0 saturated carbocycles. The van der Waals surface area contributed by atoms with Crippen LogP contribution in [0.3, 0.4) is 0 Å². The van der Waals surface area contributed by atoms with Crippen LogP contribution in [0, 0.1) is 0 Å². The third-order valence-corrected chi connectivity index (χ3v) is 4.20. The van der Waals surface area contributed by atoms with Gasteiger partial charge < -0.3 is 18.3 Å². The third kappa shape index (κ3) is 2.71. The molecule has 0 unspecified atom stereocenters. The summed E-state index contributed by atoms with van der Waals surface area (Å²) in [4.78, 5) is 17.7. The molecule has 0 aliphatic carbocycles. The van der Waals surface area contributed by atoms with Crippen LogP contribution in [-0.4, -0.2) is 34.2 Å². The molecule has 0 aliphatic rings. The van der Waals surface area contributed by atoms with Gasteiger partial charge in [-0.3, -0.25) is 0 Å². The largest absolute Gasteiger partial charge is 0.481 e. The van der Waals surface area contributed by atoms with E-state index in [-0.39, 0.29) is 0 Å². The topological polar surface area (TPSA) is 96.3 Å². The number of pyridine rings is 2. The quantitative estimate of drug-likeness (QED) is 0.464. The molecular formula is C20H14N4O4. The summed E-state index contributed by atoms with van der Waals surface area (Å²) in [5.74, 6) is 1.78. The molecule has 0 saturated heterocycles. The van der Waals surface area contributed by atoms with Gasteiger partial charge in [-0.2, -0.15) is 0 Å². The molecule has 4 heterocycles. The zero-order chi connectivity index (χ0) is 19.1. The number of fused-ring (bicyclic) bond motifs is 2. The second kappa shape index (κ2) is 6.34. The number of methoxy groups -OCH3 is 2. The molecule has 1 aromatic carbocycles. The normalized spacial score (nSPS) is 11.2. The van der Waals surface area contributed by atoms with Crippen molar-refractivity contribution in [2.45, 2.75) is 0 Å². The van der Waals surface area contributed by atoms with Gasteiger partial charge in [0.25, 0.3) is 0 Å². The van der Waals surface area contributed by atoms with Gasteiger partial charge in [0.1, 0.15) is 22.4 Å². The Morgan fingerprint density at radius 1 is 0.643 bits per heavy atom. The number of rotatable bonds is 4. The lowest BCUT2D eigenvalue weighted by Gasteiger charge is -1.99. The average molecular weight is 374 g/mol. The van der Waals surface area contributed by atoms with Crippen molar-refractivity contribution >= 4 is 22.2 Å². The van der Waals surface area contributed by atoms with E-state index in [1.54, 1.807) is 38.5 Å². The maximum atomic E-state index is 5.87. The van der Waals surface area contributed by atoms with Crippen LogP contribution in [0.25, 0.3) is 45.4 Å². The van der Waals surface area contributed by atoms with Gasteiger partial charge in [-0.05, 0) is 12.1 Å². The lowest BCUT2D eigenvalue weighted by Crippen LogP contribution is -1.89. The first-order chi connectivity index (χ1) is 13.7. The monoisotopic (exact) mass is 374 g/mol. The Morgan fingerprint density at radius 2 is 1.11 bits per heavy atom. The van der Waals surface area contributed by atoms with Gasteiger partial charge in [0.2, 0.25) is 23.5 Å². The summed E-state index contributed by atoms with van der Waals surface area (Å²) in [6.45, 7) is 0. The van der Waals surface area contributed by atoms with E-state index in [4.69, 9.17) is 18.3 Å². The van der Waals surface area contributed by atoms with Crippen LogP contribution in [0.5, 0.6) is 11.8 Å². The van der Waals surface area contributed by atoms with Crippen molar-refractivity contribution in [1.82, 2.24) is 19.9 Å². The fourth-order valence-corrected chi connectivity index (χ4v) is 2.86. The first kappa shape index (κ1) is 16.2. The molecule has 0 bridgehead atoms. The molecule has 0 fully saturated rings. The van der Waals surface area contributed by atoms with Gasteiger partial charge in [-0.15, -0.1) is 0 Å². The molecule has 5 aromatic rings. The molecule has 0 aliphatic heterocycles. The number of nitrogens with zero attached hydrogens (tertiary/aromatic N) is 4. The molecular weight excluding hydrogens is 360 g/mol. The molecule has 5 rings (SSSR count). The number of aromatic nitrogens is 4. The van der Waals surface area contributed by atoms with Crippen molar-refractivity contribution in [3.05, 3.63) is 48.5 Å². The SMILES string of the molecule is COc1cccc(-c2nc3cc4oc(-c5cccc(OC)n5)nc4cc3o2)n1. The summed E-state index contributed by atoms with van der Waals surface area (Å²) in [5, 5.41) is 0. The summed E-state index contributed by atoms with van der Waals surface area (Å²) in [6, 6.07) is 14.4. The summed E-state index contributed by atoms with van der Waals surface area (Å²) in [5.41, 5.74) is 3.64. The maximum absolute atomic E-state index is 5.87. The fourth-order valence-electron chi connectivity index (χ4n) is 2.86. The molecule has 0 N–H and O–H groups in total. The summed E-state index contributed by atoms with van der Waals surface area (Å²) < 4.78 is 22.0. The predicted octanol–water partition coefficient (Wildman–Crippen LogP) is 4.11. The molecule has 8 nitrogen and oxygen atoms in total. The van der Waals surface area contributed by atoms with Crippen LogP contribution in [0.2, 0.25) is 0 Å². The molecule has 0 radical (unpaired) electrons. The van der Waals surface area contributed by atoms with E-state index < -0.39 is 0 Å². The first-order valence-corrected chi connectivity index (χ1v) is 8.47. The zero-order valence-corrected chi connectivity index (χ0v) is 15.0. The van der Waals surface area contributed by atoms with Crippen molar-refractivity contribution in [3.63, 3.8) is 0 Å². The third-order valence-electron chi connectivity index (χ3n) is 4.20. The molecule has 0 spiro atoms. The van der Waals surface area contributed by atoms with Crippen LogP contribution in [0.1, 0.15) is 0 Å². The van der Waals surface area contributed by atoms with Gasteiger partial charge in [0.15, 0.2) is 11.2 Å². The second-order valence-electron chi connectivity index (χ2n) is 5.96. The van der Waals surface area contributed by atoms with Crippen molar-refractivity contribution < 1.29 is 18.3 Å². The predicted molar refractivity (Wildman–Crippen MR) is 101 cm³/mol. The lowest BCUT2D eigenvalue weighted by molar-refractivity contribution is 0.398. The van der Waals surface area contributed by atoms with E-state index in [1.165, 1.54) is 0 Å². The highest BCUT2D eigenvalue weighted by Crippen LogP contribution is 2.30. The summed E-state index contributed by atoms with van der Waals surface area (Å²) in [7, 11) is 3.12.